The minimum absolute atomic E-state index is 0.0225. The summed E-state index contributed by atoms with van der Waals surface area (Å²) in [5.41, 5.74) is 0.762. The van der Waals surface area contributed by atoms with Crippen LogP contribution in [0.1, 0.15) is 32.4 Å². The van der Waals surface area contributed by atoms with Crippen molar-refractivity contribution in [2.45, 2.75) is 39.0 Å². The number of benzene rings is 1. The Bertz CT molecular complexity index is 414. The lowest BCUT2D eigenvalue weighted by Crippen LogP contribution is -2.46. The quantitative estimate of drug-likeness (QED) is 0.879. The third kappa shape index (κ3) is 2.82. The summed E-state index contributed by atoms with van der Waals surface area (Å²) in [5.74, 6) is -0.388. The molecule has 4 heteroatoms. The van der Waals surface area contributed by atoms with Crippen molar-refractivity contribution in [3.05, 3.63) is 29.6 Å². The number of halogens is 1. The standard InChI is InChI=1S/C14H20FNO2/c1-9-7-16(8-10(2)18-9)11(3)13-5-4-12(15)6-14(13)17/h4-6,9-11,17H,7-8H2,1-3H3/t9-,10+,11?. The molecule has 1 saturated heterocycles. The molecule has 100 valence electrons. The summed E-state index contributed by atoms with van der Waals surface area (Å²) in [6.07, 6.45) is 0.359. The van der Waals surface area contributed by atoms with E-state index in [1.807, 2.05) is 20.8 Å². The Labute approximate surface area is 107 Å². The molecule has 0 aliphatic carbocycles. The number of nitrogens with zero attached hydrogens (tertiary/aromatic N) is 1. The van der Waals surface area contributed by atoms with Crippen LogP contribution in [-0.2, 0) is 4.74 Å². The minimum Gasteiger partial charge on any atom is -0.508 e. The van der Waals surface area contributed by atoms with Gasteiger partial charge in [-0.2, -0.15) is 0 Å². The highest BCUT2D eigenvalue weighted by atomic mass is 19.1. The predicted molar refractivity (Wildman–Crippen MR) is 68.1 cm³/mol. The van der Waals surface area contributed by atoms with E-state index in [0.29, 0.717) is 0 Å². The van der Waals surface area contributed by atoms with Crippen molar-refractivity contribution in [3.63, 3.8) is 0 Å². The molecule has 1 aromatic rings. The van der Waals surface area contributed by atoms with Gasteiger partial charge in [0, 0.05) is 30.8 Å². The Morgan fingerprint density at radius 1 is 1.33 bits per heavy atom. The van der Waals surface area contributed by atoms with E-state index in [4.69, 9.17) is 4.74 Å². The number of hydrogen-bond donors (Lipinski definition) is 1. The van der Waals surface area contributed by atoms with Crippen molar-refractivity contribution in [2.75, 3.05) is 13.1 Å². The predicted octanol–water partition coefficient (Wildman–Crippen LogP) is 2.70. The number of phenols is 1. The van der Waals surface area contributed by atoms with E-state index in [0.717, 1.165) is 18.7 Å². The highest BCUT2D eigenvalue weighted by Crippen LogP contribution is 2.30. The van der Waals surface area contributed by atoms with Gasteiger partial charge in [-0.3, -0.25) is 4.90 Å². The molecule has 1 aliphatic rings. The van der Waals surface area contributed by atoms with E-state index < -0.39 is 5.82 Å². The SMILES string of the molecule is CC(c1ccc(F)cc1O)N1C[C@@H](C)O[C@@H](C)C1. The van der Waals surface area contributed by atoms with Crippen molar-refractivity contribution in [3.8, 4) is 5.75 Å². The zero-order chi connectivity index (χ0) is 13.3. The third-order valence-corrected chi connectivity index (χ3v) is 3.44. The van der Waals surface area contributed by atoms with E-state index in [9.17, 15) is 9.50 Å². The van der Waals surface area contributed by atoms with E-state index >= 15 is 0 Å². The molecule has 3 atom stereocenters. The van der Waals surface area contributed by atoms with Gasteiger partial charge in [0.2, 0.25) is 0 Å². The fraction of sp³-hybridized carbons (Fsp3) is 0.571. The van der Waals surface area contributed by atoms with Crippen LogP contribution in [0.25, 0.3) is 0 Å². The van der Waals surface area contributed by atoms with Crippen molar-refractivity contribution >= 4 is 0 Å². The fourth-order valence-corrected chi connectivity index (χ4v) is 2.60. The number of aromatic hydroxyl groups is 1. The van der Waals surface area contributed by atoms with Gasteiger partial charge in [-0.15, -0.1) is 0 Å². The average Bonchev–Trinajstić information content (AvgIpc) is 2.26. The molecule has 0 bridgehead atoms. The van der Waals surface area contributed by atoms with Crippen LogP contribution in [-0.4, -0.2) is 35.3 Å². The van der Waals surface area contributed by atoms with E-state index in [1.165, 1.54) is 12.1 Å². The number of phenolic OH excluding ortho intramolecular Hbond substituents is 1. The molecule has 3 nitrogen and oxygen atoms in total. The maximum Gasteiger partial charge on any atom is 0.126 e. The zero-order valence-electron chi connectivity index (χ0n) is 11.1. The van der Waals surface area contributed by atoms with Gasteiger partial charge in [-0.25, -0.2) is 4.39 Å². The van der Waals surface area contributed by atoms with Gasteiger partial charge in [0.05, 0.1) is 12.2 Å². The van der Waals surface area contributed by atoms with Gasteiger partial charge in [0.15, 0.2) is 0 Å². The summed E-state index contributed by atoms with van der Waals surface area (Å²) in [6.45, 7) is 7.75. The third-order valence-electron chi connectivity index (χ3n) is 3.44. The average molecular weight is 253 g/mol. The van der Waals surface area contributed by atoms with Crippen molar-refractivity contribution in [1.29, 1.82) is 0 Å². The first-order valence-electron chi connectivity index (χ1n) is 6.35. The fourth-order valence-electron chi connectivity index (χ4n) is 2.60. The van der Waals surface area contributed by atoms with Crippen LogP contribution in [0.4, 0.5) is 4.39 Å². The van der Waals surface area contributed by atoms with Crippen molar-refractivity contribution in [2.24, 2.45) is 0 Å². The van der Waals surface area contributed by atoms with Crippen LogP contribution < -0.4 is 0 Å². The lowest BCUT2D eigenvalue weighted by Gasteiger charge is -2.39. The molecule has 0 radical (unpaired) electrons. The largest absolute Gasteiger partial charge is 0.508 e. The molecule has 0 aromatic heterocycles. The molecule has 1 fully saturated rings. The summed E-state index contributed by atoms with van der Waals surface area (Å²) in [6, 6.07) is 4.26. The van der Waals surface area contributed by atoms with Gasteiger partial charge >= 0.3 is 0 Å². The van der Waals surface area contributed by atoms with Crippen molar-refractivity contribution in [1.82, 2.24) is 4.90 Å². The zero-order valence-corrected chi connectivity index (χ0v) is 11.1. The van der Waals surface area contributed by atoms with Crippen LogP contribution in [0, 0.1) is 5.82 Å². The lowest BCUT2D eigenvalue weighted by atomic mass is 10.0. The highest BCUT2D eigenvalue weighted by Gasteiger charge is 2.27. The van der Waals surface area contributed by atoms with E-state index in [-0.39, 0.29) is 24.0 Å². The maximum atomic E-state index is 13.0. The second kappa shape index (κ2) is 5.24. The molecule has 1 heterocycles. The Morgan fingerprint density at radius 3 is 2.50 bits per heavy atom. The van der Waals surface area contributed by atoms with Gasteiger partial charge < -0.3 is 9.84 Å². The molecular formula is C14H20FNO2. The summed E-state index contributed by atoms with van der Waals surface area (Å²) in [4.78, 5) is 2.26. The number of ether oxygens (including phenoxy) is 1. The summed E-state index contributed by atoms with van der Waals surface area (Å²) < 4.78 is 18.7. The Kier molecular flexibility index (Phi) is 3.88. The van der Waals surface area contributed by atoms with Crippen LogP contribution in [0.5, 0.6) is 5.75 Å². The monoisotopic (exact) mass is 253 g/mol. The molecule has 18 heavy (non-hydrogen) atoms. The minimum atomic E-state index is -0.410. The molecule has 1 aromatic carbocycles. The first-order valence-corrected chi connectivity index (χ1v) is 6.35. The van der Waals surface area contributed by atoms with Gasteiger partial charge in [0.1, 0.15) is 11.6 Å². The van der Waals surface area contributed by atoms with Gasteiger partial charge in [0.25, 0.3) is 0 Å². The second-order valence-corrected chi connectivity index (χ2v) is 5.09. The second-order valence-electron chi connectivity index (χ2n) is 5.09. The van der Waals surface area contributed by atoms with E-state index in [2.05, 4.69) is 4.90 Å². The Hall–Kier alpha value is -1.13. The molecule has 1 unspecified atom stereocenters. The van der Waals surface area contributed by atoms with Gasteiger partial charge in [-0.05, 0) is 26.8 Å². The Morgan fingerprint density at radius 2 is 1.94 bits per heavy atom. The van der Waals surface area contributed by atoms with Crippen LogP contribution in [0.2, 0.25) is 0 Å². The number of morpholine rings is 1. The van der Waals surface area contributed by atoms with E-state index in [1.54, 1.807) is 6.07 Å². The molecule has 0 saturated carbocycles. The summed E-state index contributed by atoms with van der Waals surface area (Å²) >= 11 is 0. The molecular weight excluding hydrogens is 233 g/mol. The van der Waals surface area contributed by atoms with Crippen LogP contribution in [0.15, 0.2) is 18.2 Å². The molecule has 0 spiro atoms. The molecule has 0 amide bonds. The maximum absolute atomic E-state index is 13.0. The normalized spacial score (nSPS) is 27.1. The summed E-state index contributed by atoms with van der Waals surface area (Å²) in [5, 5.41) is 9.83. The Balaban J connectivity index is 2.17. The first-order chi connectivity index (χ1) is 8.47. The van der Waals surface area contributed by atoms with Gasteiger partial charge in [-0.1, -0.05) is 6.07 Å². The highest BCUT2D eigenvalue weighted by molar-refractivity contribution is 5.35. The molecule has 1 aliphatic heterocycles. The van der Waals surface area contributed by atoms with Crippen molar-refractivity contribution < 1.29 is 14.2 Å². The smallest absolute Gasteiger partial charge is 0.126 e. The topological polar surface area (TPSA) is 32.7 Å². The first kappa shape index (κ1) is 13.3. The lowest BCUT2D eigenvalue weighted by molar-refractivity contribution is -0.0791. The van der Waals surface area contributed by atoms with Crippen LogP contribution in [0.3, 0.4) is 0 Å². The number of rotatable bonds is 2. The molecule has 2 rings (SSSR count). The summed E-state index contributed by atoms with van der Waals surface area (Å²) in [7, 11) is 0. The number of hydrogen-bond acceptors (Lipinski definition) is 3. The molecule has 1 N–H and O–H groups in total. The van der Waals surface area contributed by atoms with Crippen LogP contribution >= 0.6 is 0 Å².